The van der Waals surface area contributed by atoms with E-state index in [4.69, 9.17) is 4.74 Å². The van der Waals surface area contributed by atoms with E-state index < -0.39 is 15.9 Å². The van der Waals surface area contributed by atoms with Gasteiger partial charge in [-0.25, -0.2) is 8.42 Å². The molecule has 0 aromatic rings. The van der Waals surface area contributed by atoms with Gasteiger partial charge >= 0.3 is 0 Å². The Bertz CT molecular complexity index is 279. The maximum Gasteiger partial charge on any atom is 0.148 e. The number of unbranched alkanes of at least 4 members (excludes halogenated alkanes) is 1. The lowest BCUT2D eigenvalue weighted by Gasteiger charge is -2.20. The number of aliphatic hydroxyl groups excluding tert-OH is 1. The SMILES string of the molecule is CCCCOCC(O)CN(C)CCS(C)(=O)=O. The van der Waals surface area contributed by atoms with E-state index in [-0.39, 0.29) is 5.75 Å². The Hall–Kier alpha value is -0.170. The monoisotopic (exact) mass is 267 g/mol. The number of rotatable bonds is 10. The van der Waals surface area contributed by atoms with Crippen LogP contribution < -0.4 is 0 Å². The molecule has 1 unspecified atom stereocenters. The summed E-state index contributed by atoms with van der Waals surface area (Å²) in [6.45, 7) is 3.93. The van der Waals surface area contributed by atoms with Gasteiger partial charge in [-0.3, -0.25) is 0 Å². The van der Waals surface area contributed by atoms with Crippen molar-refractivity contribution >= 4 is 9.84 Å². The van der Waals surface area contributed by atoms with E-state index in [0.717, 1.165) is 12.8 Å². The van der Waals surface area contributed by atoms with Gasteiger partial charge in [-0.15, -0.1) is 0 Å². The zero-order valence-corrected chi connectivity index (χ0v) is 11.9. The Labute approximate surface area is 105 Å². The van der Waals surface area contributed by atoms with E-state index in [1.165, 1.54) is 6.26 Å². The Morgan fingerprint density at radius 1 is 1.41 bits per heavy atom. The van der Waals surface area contributed by atoms with Crippen molar-refractivity contribution in [1.82, 2.24) is 4.90 Å². The van der Waals surface area contributed by atoms with Gasteiger partial charge in [0.1, 0.15) is 9.84 Å². The summed E-state index contributed by atoms with van der Waals surface area (Å²) in [6, 6.07) is 0. The third-order valence-electron chi connectivity index (χ3n) is 2.32. The second kappa shape index (κ2) is 8.85. The highest BCUT2D eigenvalue weighted by atomic mass is 32.2. The van der Waals surface area contributed by atoms with Crippen LogP contribution in [0.15, 0.2) is 0 Å². The molecule has 0 bridgehead atoms. The zero-order chi connectivity index (χ0) is 13.3. The summed E-state index contributed by atoms with van der Waals surface area (Å²) < 4.78 is 27.2. The molecule has 6 heteroatoms. The standard InChI is InChI=1S/C11H25NO4S/c1-4-5-7-16-10-11(13)9-12(2)6-8-17(3,14)15/h11,13H,4-10H2,1-3H3. The summed E-state index contributed by atoms with van der Waals surface area (Å²) in [5.74, 6) is 0.118. The number of hydrogen-bond acceptors (Lipinski definition) is 5. The van der Waals surface area contributed by atoms with Crippen molar-refractivity contribution in [3.05, 3.63) is 0 Å². The summed E-state index contributed by atoms with van der Waals surface area (Å²) >= 11 is 0. The first kappa shape index (κ1) is 16.8. The first-order valence-electron chi connectivity index (χ1n) is 5.97. The highest BCUT2D eigenvalue weighted by Crippen LogP contribution is 1.95. The summed E-state index contributed by atoms with van der Waals surface area (Å²) in [5, 5.41) is 9.63. The van der Waals surface area contributed by atoms with Crippen molar-refractivity contribution in [3.63, 3.8) is 0 Å². The van der Waals surface area contributed by atoms with Crippen LogP contribution in [0.3, 0.4) is 0 Å². The maximum atomic E-state index is 11.0. The number of nitrogens with zero attached hydrogens (tertiary/aromatic N) is 1. The average Bonchev–Trinajstić information content (AvgIpc) is 2.21. The molecule has 17 heavy (non-hydrogen) atoms. The topological polar surface area (TPSA) is 66.8 Å². The minimum absolute atomic E-state index is 0.118. The highest BCUT2D eigenvalue weighted by Gasteiger charge is 2.10. The fraction of sp³-hybridized carbons (Fsp3) is 1.00. The molecule has 104 valence electrons. The molecule has 0 fully saturated rings. The van der Waals surface area contributed by atoms with Gasteiger partial charge in [-0.1, -0.05) is 13.3 Å². The normalized spacial score (nSPS) is 14.2. The third kappa shape index (κ3) is 12.1. The molecule has 0 rings (SSSR count). The Kier molecular flexibility index (Phi) is 8.77. The molecule has 0 saturated carbocycles. The molecular weight excluding hydrogens is 242 g/mol. The molecule has 0 amide bonds. The van der Waals surface area contributed by atoms with Crippen molar-refractivity contribution in [1.29, 1.82) is 0 Å². The van der Waals surface area contributed by atoms with Crippen molar-refractivity contribution < 1.29 is 18.3 Å². The minimum atomic E-state index is -2.93. The van der Waals surface area contributed by atoms with E-state index in [9.17, 15) is 13.5 Å². The second-order valence-electron chi connectivity index (χ2n) is 4.47. The molecule has 1 N–H and O–H groups in total. The predicted molar refractivity (Wildman–Crippen MR) is 68.9 cm³/mol. The van der Waals surface area contributed by atoms with Crippen LogP contribution in [-0.4, -0.2) is 69.9 Å². The van der Waals surface area contributed by atoms with Crippen LogP contribution in [0, 0.1) is 0 Å². The summed E-state index contributed by atoms with van der Waals surface area (Å²) in [7, 11) is -1.14. The lowest BCUT2D eigenvalue weighted by Crippen LogP contribution is -2.35. The van der Waals surface area contributed by atoms with Gasteiger partial charge in [0.05, 0.1) is 18.5 Å². The third-order valence-corrected chi connectivity index (χ3v) is 3.24. The molecule has 0 aromatic heterocycles. The van der Waals surface area contributed by atoms with Crippen LogP contribution in [0.1, 0.15) is 19.8 Å². The molecule has 0 aliphatic rings. The van der Waals surface area contributed by atoms with Gasteiger partial charge in [0.15, 0.2) is 0 Å². The van der Waals surface area contributed by atoms with Crippen LogP contribution in [-0.2, 0) is 14.6 Å². The van der Waals surface area contributed by atoms with E-state index >= 15 is 0 Å². The van der Waals surface area contributed by atoms with E-state index in [1.54, 1.807) is 11.9 Å². The van der Waals surface area contributed by atoms with Crippen LogP contribution in [0.4, 0.5) is 0 Å². The number of aliphatic hydroxyl groups is 1. The summed E-state index contributed by atoms with van der Waals surface area (Å²) in [6.07, 6.45) is 2.72. The van der Waals surface area contributed by atoms with Crippen LogP contribution in [0.25, 0.3) is 0 Å². The molecule has 1 atom stereocenters. The lowest BCUT2D eigenvalue weighted by atomic mass is 10.3. The van der Waals surface area contributed by atoms with Crippen LogP contribution in [0.2, 0.25) is 0 Å². The second-order valence-corrected chi connectivity index (χ2v) is 6.73. The number of likely N-dealkylation sites (N-methyl/N-ethyl adjacent to an activating group) is 1. The van der Waals surface area contributed by atoms with Crippen LogP contribution >= 0.6 is 0 Å². The molecule has 0 radical (unpaired) electrons. The summed E-state index contributed by atoms with van der Waals surface area (Å²) in [5.41, 5.74) is 0. The van der Waals surface area contributed by atoms with Crippen molar-refractivity contribution in [3.8, 4) is 0 Å². The van der Waals surface area contributed by atoms with Gasteiger partial charge in [-0.05, 0) is 13.5 Å². The lowest BCUT2D eigenvalue weighted by molar-refractivity contribution is 0.0207. The number of ether oxygens (including phenoxy) is 1. The first-order valence-corrected chi connectivity index (χ1v) is 8.03. The molecule has 0 spiro atoms. The Morgan fingerprint density at radius 2 is 2.06 bits per heavy atom. The first-order chi connectivity index (χ1) is 7.85. The smallest absolute Gasteiger partial charge is 0.148 e. The Balaban J connectivity index is 3.62. The molecule has 0 aromatic carbocycles. The quantitative estimate of drug-likeness (QED) is 0.570. The summed E-state index contributed by atoms with van der Waals surface area (Å²) in [4.78, 5) is 1.80. The molecular formula is C11H25NO4S. The molecule has 0 saturated heterocycles. The van der Waals surface area contributed by atoms with E-state index in [2.05, 4.69) is 6.92 Å². The molecule has 0 heterocycles. The van der Waals surface area contributed by atoms with Crippen LogP contribution in [0.5, 0.6) is 0 Å². The number of sulfone groups is 1. The molecule has 0 aliphatic heterocycles. The van der Waals surface area contributed by atoms with Crippen molar-refractivity contribution in [2.45, 2.75) is 25.9 Å². The van der Waals surface area contributed by atoms with Crippen molar-refractivity contribution in [2.24, 2.45) is 0 Å². The predicted octanol–water partition coefficient (Wildman–Crippen LogP) is 0.140. The van der Waals surface area contributed by atoms with Gasteiger partial charge in [0.25, 0.3) is 0 Å². The van der Waals surface area contributed by atoms with Gasteiger partial charge in [0.2, 0.25) is 0 Å². The average molecular weight is 267 g/mol. The van der Waals surface area contributed by atoms with Crippen molar-refractivity contribution in [2.75, 3.05) is 45.4 Å². The minimum Gasteiger partial charge on any atom is -0.389 e. The molecule has 5 nitrogen and oxygen atoms in total. The van der Waals surface area contributed by atoms with Gasteiger partial charge in [0, 0.05) is 26.0 Å². The maximum absolute atomic E-state index is 11.0. The highest BCUT2D eigenvalue weighted by molar-refractivity contribution is 7.90. The van der Waals surface area contributed by atoms with E-state index in [1.807, 2.05) is 0 Å². The van der Waals surface area contributed by atoms with E-state index in [0.29, 0.717) is 26.3 Å². The van der Waals surface area contributed by atoms with Gasteiger partial charge < -0.3 is 14.7 Å². The molecule has 0 aliphatic carbocycles. The zero-order valence-electron chi connectivity index (χ0n) is 11.1. The fourth-order valence-electron chi connectivity index (χ4n) is 1.29. The van der Waals surface area contributed by atoms with Gasteiger partial charge in [-0.2, -0.15) is 0 Å². The Morgan fingerprint density at radius 3 is 2.59 bits per heavy atom. The number of hydrogen-bond donors (Lipinski definition) is 1. The largest absolute Gasteiger partial charge is 0.389 e. The fourth-order valence-corrected chi connectivity index (χ4v) is 1.93.